The third-order valence-corrected chi connectivity index (χ3v) is 7.61. The van der Waals surface area contributed by atoms with Gasteiger partial charge in [-0.2, -0.15) is 5.26 Å². The van der Waals surface area contributed by atoms with Crippen molar-refractivity contribution in [3.8, 4) is 23.2 Å². The maximum Gasteiger partial charge on any atom is 0.260 e. The number of rotatable bonds is 4. The number of nitrogens with one attached hydrogen (secondary N) is 1. The molecule has 2 aromatic heterocycles. The van der Waals surface area contributed by atoms with E-state index in [1.807, 2.05) is 36.4 Å². The first kappa shape index (κ1) is 20.9. The number of halogens is 1. The Labute approximate surface area is 197 Å². The largest absolute Gasteiger partial charge is 0.488 e. The van der Waals surface area contributed by atoms with Crippen LogP contribution in [0.5, 0.6) is 5.75 Å². The van der Waals surface area contributed by atoms with E-state index < -0.39 is 0 Å². The molecule has 0 saturated carbocycles. The predicted octanol–water partition coefficient (Wildman–Crippen LogP) is 6.13. The summed E-state index contributed by atoms with van der Waals surface area (Å²) in [6, 6.07) is 15.2. The molecule has 1 N–H and O–H groups in total. The quantitative estimate of drug-likeness (QED) is 0.338. The van der Waals surface area contributed by atoms with Gasteiger partial charge in [0.15, 0.2) is 0 Å². The van der Waals surface area contributed by atoms with Gasteiger partial charge in [-0.1, -0.05) is 24.6 Å². The van der Waals surface area contributed by atoms with Crippen LogP contribution in [0, 0.1) is 11.3 Å². The first-order valence-corrected chi connectivity index (χ1v) is 12.2. The minimum absolute atomic E-state index is 0.0611. The molecule has 2 heterocycles. The second-order valence-electron chi connectivity index (χ2n) is 7.86. The van der Waals surface area contributed by atoms with Crippen molar-refractivity contribution < 1.29 is 4.74 Å². The number of aromatic amines is 1. The number of hydrogen-bond acceptors (Lipinski definition) is 5. The summed E-state index contributed by atoms with van der Waals surface area (Å²) in [5.74, 6) is 1.22. The van der Waals surface area contributed by atoms with Gasteiger partial charge in [0.1, 0.15) is 23.0 Å². The molecule has 4 aromatic rings. The van der Waals surface area contributed by atoms with E-state index in [2.05, 4.69) is 27.0 Å². The molecule has 2 aromatic carbocycles. The fourth-order valence-corrected chi connectivity index (χ4v) is 5.91. The van der Waals surface area contributed by atoms with E-state index in [1.165, 1.54) is 23.3 Å². The summed E-state index contributed by atoms with van der Waals surface area (Å²) in [5.41, 5.74) is 3.38. The highest BCUT2D eigenvalue weighted by molar-refractivity contribution is 9.10. The minimum atomic E-state index is -0.0611. The zero-order valence-corrected chi connectivity index (χ0v) is 19.7. The van der Waals surface area contributed by atoms with Crippen molar-refractivity contribution in [1.82, 2.24) is 9.97 Å². The molecular weight excluding hydrogens is 486 g/mol. The molecular formula is C25H20BrN3O2S. The van der Waals surface area contributed by atoms with E-state index in [0.29, 0.717) is 23.7 Å². The van der Waals surface area contributed by atoms with Crippen molar-refractivity contribution in [2.75, 3.05) is 0 Å². The Morgan fingerprint density at radius 1 is 1.16 bits per heavy atom. The molecule has 0 amide bonds. The van der Waals surface area contributed by atoms with E-state index in [4.69, 9.17) is 9.72 Å². The van der Waals surface area contributed by atoms with E-state index in [9.17, 15) is 10.1 Å². The Morgan fingerprint density at radius 3 is 2.84 bits per heavy atom. The molecule has 7 heteroatoms. The highest BCUT2D eigenvalue weighted by Gasteiger charge is 2.19. The number of benzene rings is 2. The Balaban J connectivity index is 1.44. The monoisotopic (exact) mass is 505 g/mol. The molecule has 160 valence electrons. The molecule has 0 unspecified atom stereocenters. The van der Waals surface area contributed by atoms with Gasteiger partial charge in [-0.25, -0.2) is 4.98 Å². The first-order chi connectivity index (χ1) is 15.6. The second kappa shape index (κ2) is 8.89. The molecule has 0 bridgehead atoms. The lowest BCUT2D eigenvalue weighted by atomic mass is 10.1. The molecule has 5 nitrogen and oxygen atoms in total. The summed E-state index contributed by atoms with van der Waals surface area (Å²) in [6.45, 7) is 0.295. The Hall–Kier alpha value is -2.95. The normalized spacial score (nSPS) is 13.4. The third kappa shape index (κ3) is 3.96. The van der Waals surface area contributed by atoms with Crippen molar-refractivity contribution in [2.24, 2.45) is 0 Å². The minimum Gasteiger partial charge on any atom is -0.488 e. The zero-order chi connectivity index (χ0) is 22.1. The molecule has 0 aliphatic heterocycles. The number of ether oxygens (including phenoxy) is 1. The Morgan fingerprint density at radius 2 is 2.00 bits per heavy atom. The molecule has 32 heavy (non-hydrogen) atoms. The molecule has 0 atom stereocenters. The SMILES string of the molecule is N#Cc1ccccc1COc1ccc(-c2nc3sc4c(c3c(=O)[nH]2)CCCCC4)cc1Br. The van der Waals surface area contributed by atoms with Crippen LogP contribution in [0.4, 0.5) is 0 Å². The first-order valence-electron chi connectivity index (χ1n) is 10.6. The van der Waals surface area contributed by atoms with Gasteiger partial charge in [-0.05, 0) is 71.4 Å². The molecule has 0 fully saturated rings. The topological polar surface area (TPSA) is 78.8 Å². The maximum absolute atomic E-state index is 12.9. The highest BCUT2D eigenvalue weighted by atomic mass is 79.9. The lowest BCUT2D eigenvalue weighted by Gasteiger charge is -2.11. The fraction of sp³-hybridized carbons (Fsp3) is 0.240. The molecule has 0 spiro atoms. The molecule has 1 aliphatic rings. The van der Waals surface area contributed by atoms with Crippen LogP contribution in [0.25, 0.3) is 21.6 Å². The van der Waals surface area contributed by atoms with Gasteiger partial charge < -0.3 is 9.72 Å². The van der Waals surface area contributed by atoms with Crippen molar-refractivity contribution in [3.05, 3.63) is 78.9 Å². The van der Waals surface area contributed by atoms with Gasteiger partial charge in [0, 0.05) is 16.0 Å². The van der Waals surface area contributed by atoms with E-state index in [0.717, 1.165) is 45.1 Å². The van der Waals surface area contributed by atoms with Crippen LogP contribution in [-0.4, -0.2) is 9.97 Å². The number of nitrogens with zero attached hydrogens (tertiary/aromatic N) is 2. The number of H-pyrrole nitrogens is 1. The fourth-order valence-electron chi connectivity index (χ4n) is 4.15. The second-order valence-corrected chi connectivity index (χ2v) is 9.80. The van der Waals surface area contributed by atoms with Crippen molar-refractivity contribution in [2.45, 2.75) is 38.7 Å². The smallest absolute Gasteiger partial charge is 0.260 e. The summed E-state index contributed by atoms with van der Waals surface area (Å²) in [6.07, 6.45) is 5.53. The summed E-state index contributed by atoms with van der Waals surface area (Å²) in [4.78, 5) is 22.9. The van der Waals surface area contributed by atoms with Crippen molar-refractivity contribution in [3.63, 3.8) is 0 Å². The number of aromatic nitrogens is 2. The number of aryl methyl sites for hydroxylation is 2. The molecule has 5 rings (SSSR count). The number of thiophene rings is 1. The van der Waals surface area contributed by atoms with Gasteiger partial charge in [0.2, 0.25) is 0 Å². The van der Waals surface area contributed by atoms with Gasteiger partial charge >= 0.3 is 0 Å². The maximum atomic E-state index is 12.9. The molecule has 0 saturated heterocycles. The van der Waals surface area contributed by atoms with E-state index >= 15 is 0 Å². The van der Waals surface area contributed by atoms with Gasteiger partial charge in [0.25, 0.3) is 5.56 Å². The summed E-state index contributed by atoms with van der Waals surface area (Å²) in [5, 5.41) is 10.0. The van der Waals surface area contributed by atoms with Crippen LogP contribution in [0.3, 0.4) is 0 Å². The van der Waals surface area contributed by atoms with Crippen LogP contribution in [0.15, 0.2) is 51.7 Å². The van der Waals surface area contributed by atoms with E-state index in [-0.39, 0.29) is 5.56 Å². The highest BCUT2D eigenvalue weighted by Crippen LogP contribution is 2.35. The van der Waals surface area contributed by atoms with Crippen LogP contribution >= 0.6 is 27.3 Å². The van der Waals surface area contributed by atoms with Gasteiger partial charge in [-0.3, -0.25) is 4.79 Å². The Kier molecular flexibility index (Phi) is 5.81. The Bertz CT molecular complexity index is 1420. The van der Waals surface area contributed by atoms with E-state index in [1.54, 1.807) is 17.4 Å². The average Bonchev–Trinajstić information content (AvgIpc) is 3.00. The summed E-state index contributed by atoms with van der Waals surface area (Å²) in [7, 11) is 0. The van der Waals surface area contributed by atoms with Crippen LogP contribution in [0.1, 0.15) is 40.8 Å². The van der Waals surface area contributed by atoms with Crippen LogP contribution < -0.4 is 10.3 Å². The van der Waals surface area contributed by atoms with Gasteiger partial charge in [-0.15, -0.1) is 11.3 Å². The zero-order valence-electron chi connectivity index (χ0n) is 17.3. The molecule has 1 aliphatic carbocycles. The lowest BCUT2D eigenvalue weighted by Crippen LogP contribution is -2.10. The predicted molar refractivity (Wildman–Crippen MR) is 130 cm³/mol. The summed E-state index contributed by atoms with van der Waals surface area (Å²) < 4.78 is 6.69. The summed E-state index contributed by atoms with van der Waals surface area (Å²) >= 11 is 5.23. The standard InChI is InChI=1S/C25H20BrN3O2S/c26-19-12-15(10-11-20(19)31-14-17-7-5-4-6-16(17)13-27)23-28-24(30)22-18-8-2-1-3-9-21(18)32-25(22)29-23/h4-7,10-12H,1-3,8-9,14H2,(H,28,29,30). The molecule has 0 radical (unpaired) electrons. The lowest BCUT2D eigenvalue weighted by molar-refractivity contribution is 0.304. The number of nitriles is 1. The van der Waals surface area contributed by atoms with Crippen molar-refractivity contribution in [1.29, 1.82) is 5.26 Å². The average molecular weight is 506 g/mol. The third-order valence-electron chi connectivity index (χ3n) is 5.80. The van der Waals surface area contributed by atoms with Gasteiger partial charge in [0.05, 0.1) is 21.5 Å². The number of hydrogen-bond donors (Lipinski definition) is 1. The van der Waals surface area contributed by atoms with Crippen LogP contribution in [-0.2, 0) is 19.4 Å². The van der Waals surface area contributed by atoms with Crippen molar-refractivity contribution >= 4 is 37.5 Å². The number of fused-ring (bicyclic) bond motifs is 3. The van der Waals surface area contributed by atoms with Crippen LogP contribution in [0.2, 0.25) is 0 Å².